The van der Waals surface area contributed by atoms with Crippen LogP contribution in [0.4, 0.5) is 5.69 Å². The number of rotatable bonds is 9. The maximum absolute atomic E-state index is 12.8. The van der Waals surface area contributed by atoms with Crippen molar-refractivity contribution in [1.29, 1.82) is 0 Å². The SMILES string of the molecule is COCCCNC(=O)c1ccc(NC2c3ccccc3C(=O)N2CC(C)C)cc1. The first-order chi connectivity index (χ1) is 14.0. The molecule has 1 heterocycles. The van der Waals surface area contributed by atoms with Crippen LogP contribution in [0.5, 0.6) is 0 Å². The summed E-state index contributed by atoms with van der Waals surface area (Å²) in [5.74, 6) is 0.316. The van der Waals surface area contributed by atoms with E-state index in [1.54, 1.807) is 19.2 Å². The van der Waals surface area contributed by atoms with Crippen molar-refractivity contribution in [2.75, 3.05) is 32.1 Å². The standard InChI is InChI=1S/C23H29N3O3/c1-16(2)15-26-21(19-7-4-5-8-20(19)23(26)28)25-18-11-9-17(10-12-18)22(27)24-13-6-14-29-3/h4-5,7-12,16,21,25H,6,13-15H2,1-3H3,(H,24,27). The Bertz CT molecular complexity index is 849. The highest BCUT2D eigenvalue weighted by Gasteiger charge is 2.36. The van der Waals surface area contributed by atoms with Gasteiger partial charge in [-0.3, -0.25) is 9.59 Å². The first kappa shape index (κ1) is 20.9. The molecule has 3 rings (SSSR count). The largest absolute Gasteiger partial charge is 0.385 e. The summed E-state index contributed by atoms with van der Waals surface area (Å²) >= 11 is 0. The van der Waals surface area contributed by atoms with Crippen LogP contribution in [0.2, 0.25) is 0 Å². The molecular weight excluding hydrogens is 366 g/mol. The molecule has 0 aliphatic carbocycles. The molecule has 0 spiro atoms. The summed E-state index contributed by atoms with van der Waals surface area (Å²) in [4.78, 5) is 26.9. The third kappa shape index (κ3) is 4.95. The first-order valence-corrected chi connectivity index (χ1v) is 10.0. The van der Waals surface area contributed by atoms with Gasteiger partial charge in [0.05, 0.1) is 0 Å². The van der Waals surface area contributed by atoms with Crippen LogP contribution in [-0.2, 0) is 4.74 Å². The lowest BCUT2D eigenvalue weighted by Crippen LogP contribution is -2.35. The molecule has 0 saturated heterocycles. The molecule has 6 heteroatoms. The van der Waals surface area contributed by atoms with Crippen molar-refractivity contribution in [3.05, 3.63) is 65.2 Å². The Morgan fingerprint density at radius 1 is 1.14 bits per heavy atom. The number of ether oxygens (including phenoxy) is 1. The van der Waals surface area contributed by atoms with Gasteiger partial charge in [-0.1, -0.05) is 32.0 Å². The Balaban J connectivity index is 1.71. The monoisotopic (exact) mass is 395 g/mol. The van der Waals surface area contributed by atoms with Crippen molar-refractivity contribution in [2.24, 2.45) is 5.92 Å². The summed E-state index contributed by atoms with van der Waals surface area (Å²) in [5, 5.41) is 6.35. The van der Waals surface area contributed by atoms with Crippen LogP contribution >= 0.6 is 0 Å². The van der Waals surface area contributed by atoms with Crippen LogP contribution < -0.4 is 10.6 Å². The molecule has 1 atom stereocenters. The fourth-order valence-electron chi connectivity index (χ4n) is 3.50. The first-order valence-electron chi connectivity index (χ1n) is 10.0. The van der Waals surface area contributed by atoms with Crippen molar-refractivity contribution in [1.82, 2.24) is 10.2 Å². The van der Waals surface area contributed by atoms with Crippen LogP contribution in [0.15, 0.2) is 48.5 Å². The molecule has 0 saturated carbocycles. The lowest BCUT2D eigenvalue weighted by Gasteiger charge is -2.28. The minimum Gasteiger partial charge on any atom is -0.385 e. The molecule has 0 bridgehead atoms. The Morgan fingerprint density at radius 3 is 2.55 bits per heavy atom. The molecule has 29 heavy (non-hydrogen) atoms. The number of hydrogen-bond donors (Lipinski definition) is 2. The lowest BCUT2D eigenvalue weighted by molar-refractivity contribution is 0.0720. The number of hydrogen-bond acceptors (Lipinski definition) is 4. The molecule has 154 valence electrons. The lowest BCUT2D eigenvalue weighted by atomic mass is 10.1. The number of methoxy groups -OCH3 is 1. The van der Waals surface area contributed by atoms with E-state index in [-0.39, 0.29) is 18.0 Å². The topological polar surface area (TPSA) is 70.7 Å². The highest BCUT2D eigenvalue weighted by molar-refractivity contribution is 5.99. The van der Waals surface area contributed by atoms with Gasteiger partial charge in [0.15, 0.2) is 0 Å². The molecule has 0 aromatic heterocycles. The molecule has 1 aliphatic rings. The molecule has 0 radical (unpaired) electrons. The van der Waals surface area contributed by atoms with Crippen molar-refractivity contribution in [2.45, 2.75) is 26.4 Å². The maximum Gasteiger partial charge on any atom is 0.256 e. The number of carbonyl (C=O) groups excluding carboxylic acids is 2. The Hall–Kier alpha value is -2.86. The highest BCUT2D eigenvalue weighted by Crippen LogP contribution is 2.34. The number of amides is 2. The van der Waals surface area contributed by atoms with Gasteiger partial charge in [-0.2, -0.15) is 0 Å². The van der Waals surface area contributed by atoms with E-state index in [1.807, 2.05) is 41.3 Å². The van der Waals surface area contributed by atoms with Crippen molar-refractivity contribution in [3.8, 4) is 0 Å². The summed E-state index contributed by atoms with van der Waals surface area (Å²) < 4.78 is 4.99. The van der Waals surface area contributed by atoms with Gasteiger partial charge in [0.1, 0.15) is 6.17 Å². The number of nitrogens with one attached hydrogen (secondary N) is 2. The van der Waals surface area contributed by atoms with E-state index in [2.05, 4.69) is 24.5 Å². The Morgan fingerprint density at radius 2 is 1.86 bits per heavy atom. The zero-order valence-electron chi connectivity index (χ0n) is 17.3. The molecule has 2 N–H and O–H groups in total. The summed E-state index contributed by atoms with van der Waals surface area (Å²) in [5.41, 5.74) is 3.20. The van der Waals surface area contributed by atoms with Crippen LogP contribution in [0.1, 0.15) is 52.7 Å². The van der Waals surface area contributed by atoms with Gasteiger partial charge in [0.25, 0.3) is 11.8 Å². The van der Waals surface area contributed by atoms with Gasteiger partial charge in [0, 0.05) is 49.2 Å². The molecule has 1 aliphatic heterocycles. The predicted octanol–water partition coefficient (Wildman–Crippen LogP) is 3.68. The van der Waals surface area contributed by atoms with Gasteiger partial charge in [0.2, 0.25) is 0 Å². The van der Waals surface area contributed by atoms with Gasteiger partial charge in [-0.15, -0.1) is 0 Å². The summed E-state index contributed by atoms with van der Waals surface area (Å²) in [6, 6.07) is 15.1. The normalized spacial score (nSPS) is 15.5. The highest BCUT2D eigenvalue weighted by atomic mass is 16.5. The Kier molecular flexibility index (Phi) is 6.88. The smallest absolute Gasteiger partial charge is 0.256 e. The Labute approximate surface area is 172 Å². The van der Waals surface area contributed by atoms with E-state index in [0.717, 1.165) is 23.2 Å². The molecule has 2 amide bonds. The summed E-state index contributed by atoms with van der Waals surface area (Å²) in [6.45, 7) is 6.09. The molecule has 1 unspecified atom stereocenters. The third-order valence-electron chi connectivity index (χ3n) is 4.88. The van der Waals surface area contributed by atoms with Crippen LogP contribution in [0.25, 0.3) is 0 Å². The van der Waals surface area contributed by atoms with E-state index >= 15 is 0 Å². The second-order valence-electron chi connectivity index (χ2n) is 7.67. The van der Waals surface area contributed by atoms with Crippen LogP contribution in [0.3, 0.4) is 0 Å². The van der Waals surface area contributed by atoms with Gasteiger partial charge < -0.3 is 20.3 Å². The summed E-state index contributed by atoms with van der Waals surface area (Å²) in [7, 11) is 1.64. The summed E-state index contributed by atoms with van der Waals surface area (Å²) in [6.07, 6.45) is 0.567. The molecule has 6 nitrogen and oxygen atoms in total. The number of nitrogens with zero attached hydrogens (tertiary/aromatic N) is 1. The number of carbonyl (C=O) groups is 2. The third-order valence-corrected chi connectivity index (χ3v) is 4.88. The van der Waals surface area contributed by atoms with Gasteiger partial charge in [-0.25, -0.2) is 0 Å². The van der Waals surface area contributed by atoms with Crippen LogP contribution in [-0.4, -0.2) is 43.5 Å². The van der Waals surface area contributed by atoms with Crippen molar-refractivity contribution in [3.63, 3.8) is 0 Å². The second kappa shape index (κ2) is 9.56. The van der Waals surface area contributed by atoms with E-state index in [1.165, 1.54) is 0 Å². The minimum absolute atomic E-state index is 0.0545. The average molecular weight is 396 g/mol. The predicted molar refractivity (Wildman–Crippen MR) is 114 cm³/mol. The molecule has 2 aromatic rings. The number of anilines is 1. The number of fused-ring (bicyclic) bond motifs is 1. The fourth-order valence-corrected chi connectivity index (χ4v) is 3.50. The van der Waals surface area contributed by atoms with Crippen molar-refractivity contribution >= 4 is 17.5 Å². The minimum atomic E-state index is -0.213. The molecule has 0 fully saturated rings. The maximum atomic E-state index is 12.8. The van der Waals surface area contributed by atoms with E-state index < -0.39 is 0 Å². The molecule has 2 aromatic carbocycles. The molecular formula is C23H29N3O3. The van der Waals surface area contributed by atoms with E-state index in [9.17, 15) is 9.59 Å². The second-order valence-corrected chi connectivity index (χ2v) is 7.67. The number of benzene rings is 2. The zero-order chi connectivity index (χ0) is 20.8. The van der Waals surface area contributed by atoms with Crippen molar-refractivity contribution < 1.29 is 14.3 Å². The van der Waals surface area contributed by atoms with Gasteiger partial charge >= 0.3 is 0 Å². The zero-order valence-corrected chi connectivity index (χ0v) is 17.3. The van der Waals surface area contributed by atoms with E-state index in [4.69, 9.17) is 4.74 Å². The fraction of sp³-hybridized carbons (Fsp3) is 0.391. The van der Waals surface area contributed by atoms with E-state index in [0.29, 0.717) is 31.2 Å². The van der Waals surface area contributed by atoms with Gasteiger partial charge in [-0.05, 0) is 42.7 Å². The quantitative estimate of drug-likeness (QED) is 0.636. The average Bonchev–Trinajstić information content (AvgIpc) is 2.97. The van der Waals surface area contributed by atoms with Crippen LogP contribution in [0, 0.1) is 5.92 Å².